The van der Waals surface area contributed by atoms with Crippen LogP contribution in [0.5, 0.6) is 0 Å². The lowest BCUT2D eigenvalue weighted by Gasteiger charge is -2.23. The van der Waals surface area contributed by atoms with E-state index in [1.54, 1.807) is 23.9 Å². The smallest absolute Gasteiger partial charge is 0.233 e. The molecule has 0 spiro atoms. The number of hydrogen-bond acceptors (Lipinski definition) is 4. The lowest BCUT2D eigenvalue weighted by Crippen LogP contribution is -2.41. The first kappa shape index (κ1) is 17.1. The maximum absolute atomic E-state index is 12.2. The van der Waals surface area contributed by atoms with Crippen LogP contribution < -0.4 is 5.32 Å². The fourth-order valence-electron chi connectivity index (χ4n) is 2.07. The molecule has 4 nitrogen and oxygen atoms in total. The zero-order valence-corrected chi connectivity index (χ0v) is 13.4. The molecule has 1 heterocycles. The lowest BCUT2D eigenvalue weighted by atomic mass is 10.1. The maximum atomic E-state index is 12.2. The van der Waals surface area contributed by atoms with Gasteiger partial charge in [0.1, 0.15) is 11.9 Å². The second-order valence-corrected chi connectivity index (χ2v) is 6.72. The highest BCUT2D eigenvalue weighted by molar-refractivity contribution is 8.00. The van der Waals surface area contributed by atoms with Crippen molar-refractivity contribution in [3.05, 3.63) is 24.2 Å². The predicted molar refractivity (Wildman–Crippen MR) is 82.6 cm³/mol. The summed E-state index contributed by atoms with van der Waals surface area (Å²) in [6.45, 7) is 8.06. The van der Waals surface area contributed by atoms with Gasteiger partial charge in [-0.25, -0.2) is 0 Å². The van der Waals surface area contributed by atoms with E-state index in [1.165, 1.54) is 6.26 Å². The minimum atomic E-state index is -0.684. The van der Waals surface area contributed by atoms with Gasteiger partial charge in [-0.05, 0) is 30.7 Å². The molecule has 0 saturated heterocycles. The average molecular weight is 299 g/mol. The Labute approximate surface area is 125 Å². The van der Waals surface area contributed by atoms with Crippen LogP contribution in [0.3, 0.4) is 0 Å². The minimum Gasteiger partial charge on any atom is -0.467 e. The summed E-state index contributed by atoms with van der Waals surface area (Å²) in [6.07, 6.45) is 1.30. The van der Waals surface area contributed by atoms with E-state index in [1.807, 2.05) is 6.92 Å². The molecule has 0 saturated carbocycles. The van der Waals surface area contributed by atoms with Gasteiger partial charge in [0.25, 0.3) is 0 Å². The van der Waals surface area contributed by atoms with Gasteiger partial charge in [0, 0.05) is 12.5 Å². The molecule has 0 radical (unpaired) electrons. The molecule has 0 aliphatic heterocycles. The van der Waals surface area contributed by atoms with Crippen molar-refractivity contribution < 1.29 is 14.3 Å². The van der Waals surface area contributed by atoms with Gasteiger partial charge in [-0.1, -0.05) is 20.8 Å². The topological polar surface area (TPSA) is 62.5 Å². The fourth-order valence-corrected chi connectivity index (χ4v) is 3.03. The van der Waals surface area contributed by atoms with Gasteiger partial charge in [-0.3, -0.25) is 4.79 Å². The van der Waals surface area contributed by atoms with E-state index in [4.69, 9.17) is 4.42 Å². The van der Waals surface area contributed by atoms with E-state index >= 15 is 0 Å². The third kappa shape index (κ3) is 5.21. The molecule has 1 amide bonds. The van der Waals surface area contributed by atoms with Gasteiger partial charge in [0.2, 0.25) is 5.91 Å². The van der Waals surface area contributed by atoms with Crippen molar-refractivity contribution in [1.29, 1.82) is 0 Å². The molecule has 5 heteroatoms. The number of carbonyl (C=O) groups is 1. The lowest BCUT2D eigenvalue weighted by molar-refractivity contribution is -0.122. The second-order valence-electron chi connectivity index (χ2n) is 5.30. The Kier molecular flexibility index (Phi) is 7.16. The number of rotatable bonds is 8. The number of amides is 1. The van der Waals surface area contributed by atoms with Gasteiger partial charge in [0.15, 0.2) is 0 Å². The standard InChI is InChI=1S/C15H25NO3S/c1-5-20-14(10(2)3)15(18)16-11(4)9-12(17)13-7-6-8-19-13/h6-8,10-12,14,17H,5,9H2,1-4H3,(H,16,18). The highest BCUT2D eigenvalue weighted by Gasteiger charge is 2.24. The quantitative estimate of drug-likeness (QED) is 0.774. The first-order valence-corrected chi connectivity index (χ1v) is 8.14. The summed E-state index contributed by atoms with van der Waals surface area (Å²) in [5, 5.41) is 12.9. The third-order valence-electron chi connectivity index (χ3n) is 3.05. The zero-order chi connectivity index (χ0) is 15.1. The Morgan fingerprint density at radius 1 is 1.45 bits per heavy atom. The number of aliphatic hydroxyl groups is 1. The Balaban J connectivity index is 2.48. The Morgan fingerprint density at radius 2 is 2.15 bits per heavy atom. The minimum absolute atomic E-state index is 0.0387. The molecular formula is C15H25NO3S. The number of hydrogen-bond donors (Lipinski definition) is 2. The molecule has 1 aromatic rings. The summed E-state index contributed by atoms with van der Waals surface area (Å²) in [6, 6.07) is 3.39. The van der Waals surface area contributed by atoms with Crippen LogP contribution in [0.25, 0.3) is 0 Å². The molecule has 2 N–H and O–H groups in total. The molecule has 3 unspecified atom stereocenters. The highest BCUT2D eigenvalue weighted by atomic mass is 32.2. The summed E-state index contributed by atoms with van der Waals surface area (Å²) in [7, 11) is 0. The predicted octanol–water partition coefficient (Wildman–Crippen LogP) is 2.99. The Hall–Kier alpha value is -0.940. The van der Waals surface area contributed by atoms with Crippen molar-refractivity contribution in [2.24, 2.45) is 5.92 Å². The third-order valence-corrected chi connectivity index (χ3v) is 4.50. The van der Waals surface area contributed by atoms with Crippen LogP contribution in [0.2, 0.25) is 0 Å². The molecule has 114 valence electrons. The molecule has 0 aliphatic carbocycles. The van der Waals surface area contributed by atoms with E-state index in [-0.39, 0.29) is 17.2 Å². The van der Waals surface area contributed by atoms with E-state index in [2.05, 4.69) is 26.1 Å². The van der Waals surface area contributed by atoms with Crippen molar-refractivity contribution in [1.82, 2.24) is 5.32 Å². The van der Waals surface area contributed by atoms with E-state index < -0.39 is 6.10 Å². The van der Waals surface area contributed by atoms with Crippen LogP contribution in [0.4, 0.5) is 0 Å². The number of carbonyl (C=O) groups excluding carboxylic acids is 1. The second kappa shape index (κ2) is 8.37. The van der Waals surface area contributed by atoms with E-state index in [0.29, 0.717) is 18.1 Å². The van der Waals surface area contributed by atoms with Gasteiger partial charge in [0.05, 0.1) is 11.5 Å². The SMILES string of the molecule is CCSC(C(=O)NC(C)CC(O)c1ccco1)C(C)C. The van der Waals surface area contributed by atoms with Crippen LogP contribution in [-0.4, -0.2) is 28.1 Å². The summed E-state index contributed by atoms with van der Waals surface area (Å²) in [5.41, 5.74) is 0. The van der Waals surface area contributed by atoms with Gasteiger partial charge in [-0.2, -0.15) is 0 Å². The molecule has 20 heavy (non-hydrogen) atoms. The van der Waals surface area contributed by atoms with E-state index in [9.17, 15) is 9.90 Å². The molecule has 0 fully saturated rings. The van der Waals surface area contributed by atoms with Gasteiger partial charge < -0.3 is 14.8 Å². The van der Waals surface area contributed by atoms with Crippen molar-refractivity contribution >= 4 is 17.7 Å². The van der Waals surface area contributed by atoms with Crippen LogP contribution in [-0.2, 0) is 4.79 Å². The van der Waals surface area contributed by atoms with Crippen LogP contribution in [0.1, 0.15) is 46.0 Å². The first-order valence-electron chi connectivity index (χ1n) is 7.09. The summed E-state index contributed by atoms with van der Waals surface area (Å²) >= 11 is 1.66. The number of thioether (sulfide) groups is 1. The molecule has 0 aliphatic rings. The molecule has 1 rings (SSSR count). The summed E-state index contributed by atoms with van der Waals surface area (Å²) in [4.78, 5) is 12.2. The normalized spacial score (nSPS) is 15.9. The van der Waals surface area contributed by atoms with Crippen molar-refractivity contribution in [3.63, 3.8) is 0 Å². The number of nitrogens with one attached hydrogen (secondary N) is 1. The Bertz CT molecular complexity index is 392. The number of furan rings is 1. The monoisotopic (exact) mass is 299 g/mol. The molecule has 1 aromatic heterocycles. The Morgan fingerprint density at radius 3 is 2.65 bits per heavy atom. The highest BCUT2D eigenvalue weighted by Crippen LogP contribution is 2.21. The number of aliphatic hydroxyl groups excluding tert-OH is 1. The van der Waals surface area contributed by atoms with Crippen LogP contribution >= 0.6 is 11.8 Å². The molecule has 3 atom stereocenters. The molecule has 0 bridgehead atoms. The van der Waals surface area contributed by atoms with Crippen molar-refractivity contribution in [2.75, 3.05) is 5.75 Å². The molecular weight excluding hydrogens is 274 g/mol. The zero-order valence-electron chi connectivity index (χ0n) is 12.6. The van der Waals surface area contributed by atoms with Crippen molar-refractivity contribution in [3.8, 4) is 0 Å². The summed E-state index contributed by atoms with van der Waals surface area (Å²) < 4.78 is 5.16. The molecule has 0 aromatic carbocycles. The largest absolute Gasteiger partial charge is 0.467 e. The van der Waals surface area contributed by atoms with E-state index in [0.717, 1.165) is 5.75 Å². The van der Waals surface area contributed by atoms with Crippen LogP contribution in [0, 0.1) is 5.92 Å². The first-order chi connectivity index (χ1) is 9.45. The van der Waals surface area contributed by atoms with Crippen molar-refractivity contribution in [2.45, 2.75) is 51.5 Å². The fraction of sp³-hybridized carbons (Fsp3) is 0.667. The van der Waals surface area contributed by atoms with Crippen LogP contribution in [0.15, 0.2) is 22.8 Å². The van der Waals surface area contributed by atoms with Gasteiger partial charge in [-0.15, -0.1) is 11.8 Å². The average Bonchev–Trinajstić information content (AvgIpc) is 2.88. The maximum Gasteiger partial charge on any atom is 0.233 e. The van der Waals surface area contributed by atoms with Gasteiger partial charge >= 0.3 is 0 Å². The summed E-state index contributed by atoms with van der Waals surface area (Å²) in [5.74, 6) is 1.79.